The fraction of sp³-hybridized carbons (Fsp3) is 0.500. The van der Waals surface area contributed by atoms with Gasteiger partial charge in [-0.05, 0) is 35.0 Å². The molecular weight excluding hydrogens is 348 g/mol. The number of ether oxygens (including phenoxy) is 1. The number of para-hydroxylation sites is 1. The van der Waals surface area contributed by atoms with Crippen LogP contribution in [0.1, 0.15) is 19.8 Å². The lowest BCUT2D eigenvalue weighted by Crippen LogP contribution is -3.14. The minimum atomic E-state index is -0.0979. The second kappa shape index (κ2) is 8.29. The van der Waals surface area contributed by atoms with Crippen LogP contribution in [0.15, 0.2) is 28.7 Å². The van der Waals surface area contributed by atoms with Gasteiger partial charge < -0.3 is 15.0 Å². The quantitative estimate of drug-likeness (QED) is 0.767. The Hall–Kier alpha value is -1.40. The van der Waals surface area contributed by atoms with Gasteiger partial charge in [-0.1, -0.05) is 12.1 Å². The minimum Gasteiger partial charge on any atom is -0.466 e. The molecule has 0 aliphatic carbocycles. The topological polar surface area (TPSA) is 59.8 Å². The van der Waals surface area contributed by atoms with Crippen molar-refractivity contribution in [3.8, 4) is 0 Å². The first-order chi connectivity index (χ1) is 10.6. The molecule has 0 bridgehead atoms. The maximum Gasteiger partial charge on any atom is 0.309 e. The van der Waals surface area contributed by atoms with E-state index >= 15 is 0 Å². The summed E-state index contributed by atoms with van der Waals surface area (Å²) in [5.74, 6) is -0.106. The normalized spacial score (nSPS) is 21.2. The zero-order valence-corrected chi connectivity index (χ0v) is 14.3. The van der Waals surface area contributed by atoms with Gasteiger partial charge in [0.25, 0.3) is 5.91 Å². The Kier molecular flexibility index (Phi) is 6.39. The molecular formula is C16H22BrN2O3+. The van der Waals surface area contributed by atoms with Gasteiger partial charge in [0, 0.05) is 17.3 Å². The van der Waals surface area contributed by atoms with Crippen molar-refractivity contribution in [3.63, 3.8) is 0 Å². The van der Waals surface area contributed by atoms with Gasteiger partial charge in [0.15, 0.2) is 6.54 Å². The second-order valence-electron chi connectivity index (χ2n) is 5.48. The predicted octanol–water partition coefficient (Wildman–Crippen LogP) is 1.25. The van der Waals surface area contributed by atoms with Crippen molar-refractivity contribution < 1.29 is 19.2 Å². The van der Waals surface area contributed by atoms with Gasteiger partial charge in [-0.15, -0.1) is 0 Å². The number of hydrogen-bond acceptors (Lipinski definition) is 3. The SMILES string of the molecule is CCOC(=O)C1CC[NH+](CC(=O)Nc2ccccc2Br)CC1. The lowest BCUT2D eigenvalue weighted by molar-refractivity contribution is -0.897. The molecule has 0 aromatic heterocycles. The summed E-state index contributed by atoms with van der Waals surface area (Å²) in [6.45, 7) is 4.33. The van der Waals surface area contributed by atoms with E-state index in [2.05, 4.69) is 21.2 Å². The first-order valence-corrected chi connectivity index (χ1v) is 8.44. The molecule has 1 aromatic rings. The molecule has 0 saturated carbocycles. The highest BCUT2D eigenvalue weighted by atomic mass is 79.9. The van der Waals surface area contributed by atoms with Crippen LogP contribution in [0.4, 0.5) is 5.69 Å². The molecule has 1 amide bonds. The van der Waals surface area contributed by atoms with Crippen LogP contribution in [0.25, 0.3) is 0 Å². The smallest absolute Gasteiger partial charge is 0.309 e. The number of piperidine rings is 1. The summed E-state index contributed by atoms with van der Waals surface area (Å²) in [6, 6.07) is 7.56. The van der Waals surface area contributed by atoms with E-state index < -0.39 is 0 Å². The van der Waals surface area contributed by atoms with Crippen LogP contribution in [0.5, 0.6) is 0 Å². The Morgan fingerprint density at radius 2 is 2.00 bits per heavy atom. The number of esters is 1. The van der Waals surface area contributed by atoms with Crippen LogP contribution in [0.3, 0.4) is 0 Å². The number of rotatable bonds is 5. The third-order valence-corrected chi connectivity index (χ3v) is 4.56. The zero-order valence-electron chi connectivity index (χ0n) is 12.7. The van der Waals surface area contributed by atoms with Gasteiger partial charge in [-0.2, -0.15) is 0 Å². The summed E-state index contributed by atoms with van der Waals surface area (Å²) < 4.78 is 5.93. The number of hydrogen-bond donors (Lipinski definition) is 2. The molecule has 120 valence electrons. The van der Waals surface area contributed by atoms with Crippen LogP contribution in [0, 0.1) is 5.92 Å². The lowest BCUT2D eigenvalue weighted by Gasteiger charge is -2.27. The summed E-state index contributed by atoms with van der Waals surface area (Å²) in [7, 11) is 0. The van der Waals surface area contributed by atoms with Gasteiger partial charge in [0.05, 0.1) is 31.3 Å². The molecule has 2 rings (SSSR count). The highest BCUT2D eigenvalue weighted by Crippen LogP contribution is 2.20. The molecule has 1 aliphatic heterocycles. The van der Waals surface area contributed by atoms with E-state index in [0.717, 1.165) is 36.1 Å². The maximum absolute atomic E-state index is 12.1. The molecule has 6 heteroatoms. The fourth-order valence-electron chi connectivity index (χ4n) is 2.68. The monoisotopic (exact) mass is 369 g/mol. The molecule has 22 heavy (non-hydrogen) atoms. The number of carbonyl (C=O) groups excluding carboxylic acids is 2. The third kappa shape index (κ3) is 4.81. The number of likely N-dealkylation sites (tertiary alicyclic amines) is 1. The average Bonchev–Trinajstić information content (AvgIpc) is 2.50. The predicted molar refractivity (Wildman–Crippen MR) is 87.7 cm³/mol. The molecule has 0 radical (unpaired) electrons. The minimum absolute atomic E-state index is 0.00325. The van der Waals surface area contributed by atoms with Crippen molar-refractivity contribution in [1.29, 1.82) is 0 Å². The molecule has 1 fully saturated rings. The largest absolute Gasteiger partial charge is 0.466 e. The van der Waals surface area contributed by atoms with E-state index in [4.69, 9.17) is 4.74 Å². The van der Waals surface area contributed by atoms with Crippen LogP contribution in [0.2, 0.25) is 0 Å². The molecule has 1 saturated heterocycles. The van der Waals surface area contributed by atoms with Crippen LogP contribution in [-0.4, -0.2) is 38.1 Å². The van der Waals surface area contributed by atoms with Crippen molar-refractivity contribution in [2.24, 2.45) is 5.92 Å². The second-order valence-corrected chi connectivity index (χ2v) is 6.34. The Bertz CT molecular complexity index is 528. The standard InChI is InChI=1S/C16H21BrN2O3/c1-2-22-16(21)12-7-9-19(10-8-12)11-15(20)18-14-6-4-3-5-13(14)17/h3-6,12H,2,7-11H2,1H3,(H,18,20)/p+1. The number of halogens is 1. The molecule has 1 heterocycles. The van der Waals surface area contributed by atoms with Crippen molar-refractivity contribution in [2.75, 3.05) is 31.6 Å². The molecule has 1 aromatic carbocycles. The van der Waals surface area contributed by atoms with Gasteiger partial charge in [-0.3, -0.25) is 9.59 Å². The Labute approximate surface area is 139 Å². The average molecular weight is 370 g/mol. The van der Waals surface area contributed by atoms with Crippen LogP contribution < -0.4 is 10.2 Å². The van der Waals surface area contributed by atoms with E-state index in [0.29, 0.717) is 13.2 Å². The highest BCUT2D eigenvalue weighted by Gasteiger charge is 2.29. The van der Waals surface area contributed by atoms with E-state index in [1.807, 2.05) is 31.2 Å². The van der Waals surface area contributed by atoms with Crippen LogP contribution >= 0.6 is 15.9 Å². The maximum atomic E-state index is 12.1. The van der Waals surface area contributed by atoms with Crippen molar-refractivity contribution >= 4 is 33.5 Å². The number of carbonyl (C=O) groups is 2. The number of anilines is 1. The van der Waals surface area contributed by atoms with Crippen molar-refractivity contribution in [1.82, 2.24) is 0 Å². The van der Waals surface area contributed by atoms with E-state index in [9.17, 15) is 9.59 Å². The van der Waals surface area contributed by atoms with Gasteiger partial charge in [0.1, 0.15) is 0 Å². The van der Waals surface area contributed by atoms with Crippen LogP contribution in [-0.2, 0) is 14.3 Å². The Morgan fingerprint density at radius 1 is 1.32 bits per heavy atom. The summed E-state index contributed by atoms with van der Waals surface area (Å²) in [6.07, 6.45) is 1.58. The molecule has 0 unspecified atom stereocenters. The fourth-order valence-corrected chi connectivity index (χ4v) is 3.07. The van der Waals surface area contributed by atoms with Gasteiger partial charge >= 0.3 is 5.97 Å². The molecule has 5 nitrogen and oxygen atoms in total. The van der Waals surface area contributed by atoms with E-state index in [-0.39, 0.29) is 17.8 Å². The van der Waals surface area contributed by atoms with Crippen molar-refractivity contribution in [2.45, 2.75) is 19.8 Å². The molecule has 0 spiro atoms. The Morgan fingerprint density at radius 3 is 2.64 bits per heavy atom. The van der Waals surface area contributed by atoms with E-state index in [1.54, 1.807) is 0 Å². The van der Waals surface area contributed by atoms with Gasteiger partial charge in [0.2, 0.25) is 0 Å². The Balaban J connectivity index is 1.77. The number of amides is 1. The zero-order chi connectivity index (χ0) is 15.9. The third-order valence-electron chi connectivity index (χ3n) is 3.87. The summed E-state index contributed by atoms with van der Waals surface area (Å²) >= 11 is 3.42. The highest BCUT2D eigenvalue weighted by molar-refractivity contribution is 9.10. The first-order valence-electron chi connectivity index (χ1n) is 7.64. The van der Waals surface area contributed by atoms with Crippen molar-refractivity contribution in [3.05, 3.63) is 28.7 Å². The molecule has 1 aliphatic rings. The lowest BCUT2D eigenvalue weighted by atomic mass is 9.97. The number of nitrogens with one attached hydrogen (secondary N) is 2. The number of quaternary nitrogens is 1. The van der Waals surface area contributed by atoms with Gasteiger partial charge in [-0.25, -0.2) is 0 Å². The first kappa shape index (κ1) is 17.0. The summed E-state index contributed by atoms with van der Waals surface area (Å²) in [4.78, 5) is 25.0. The van der Waals surface area contributed by atoms with E-state index in [1.165, 1.54) is 4.90 Å². The summed E-state index contributed by atoms with van der Waals surface area (Å²) in [5, 5.41) is 2.91. The molecule has 2 N–H and O–H groups in total. The number of benzene rings is 1. The summed E-state index contributed by atoms with van der Waals surface area (Å²) in [5.41, 5.74) is 0.785. The molecule has 0 atom stereocenters.